The van der Waals surface area contributed by atoms with Crippen LogP contribution in [0.2, 0.25) is 0 Å². The van der Waals surface area contributed by atoms with Crippen molar-refractivity contribution in [3.05, 3.63) is 59.7 Å². The Labute approximate surface area is 193 Å². The minimum absolute atomic E-state index is 0.0994. The molecule has 3 aromatic rings. The Kier molecular flexibility index (Phi) is 6.53. The standard InChI is InChI=1S/C24H28N4O4S/c1-3-10-27-11-13-28(14-12-27)23-16-21(24(29)30)20-15-18(6-9-22(20)25-23)26-33(31,32)19-7-4-17(2)5-8-19/h4-9,15-16,26H,3,10-14H2,1-2H3,(H,29,30). The number of aromatic carboxylic acids is 1. The van der Waals surface area contributed by atoms with Crippen LogP contribution in [0.5, 0.6) is 0 Å². The third-order valence-electron chi connectivity index (χ3n) is 5.85. The molecule has 9 heteroatoms. The fourth-order valence-electron chi connectivity index (χ4n) is 4.06. The van der Waals surface area contributed by atoms with E-state index in [1.165, 1.54) is 18.2 Å². The fraction of sp³-hybridized carbons (Fsp3) is 0.333. The van der Waals surface area contributed by atoms with Gasteiger partial charge < -0.3 is 10.0 Å². The molecule has 0 aliphatic carbocycles. The third-order valence-corrected chi connectivity index (χ3v) is 7.24. The maximum absolute atomic E-state index is 12.7. The number of hydrogen-bond donors (Lipinski definition) is 2. The molecule has 4 rings (SSSR count). The summed E-state index contributed by atoms with van der Waals surface area (Å²) < 4.78 is 28.0. The van der Waals surface area contributed by atoms with Crippen LogP contribution >= 0.6 is 0 Å². The van der Waals surface area contributed by atoms with Crippen molar-refractivity contribution in [2.75, 3.05) is 42.3 Å². The van der Waals surface area contributed by atoms with Crippen molar-refractivity contribution in [2.45, 2.75) is 25.2 Å². The van der Waals surface area contributed by atoms with Crippen molar-refractivity contribution in [3.63, 3.8) is 0 Å². The van der Waals surface area contributed by atoms with Gasteiger partial charge >= 0.3 is 5.97 Å². The zero-order valence-electron chi connectivity index (χ0n) is 18.8. The van der Waals surface area contributed by atoms with Gasteiger partial charge in [-0.25, -0.2) is 18.2 Å². The van der Waals surface area contributed by atoms with Gasteiger partial charge in [0.2, 0.25) is 0 Å². The van der Waals surface area contributed by atoms with Crippen molar-refractivity contribution in [1.29, 1.82) is 0 Å². The van der Waals surface area contributed by atoms with Gasteiger partial charge in [-0.1, -0.05) is 24.6 Å². The Morgan fingerprint density at radius 3 is 2.39 bits per heavy atom. The molecule has 2 aromatic carbocycles. The maximum Gasteiger partial charge on any atom is 0.336 e. The second-order valence-electron chi connectivity index (χ2n) is 8.31. The Hall–Kier alpha value is -3.17. The van der Waals surface area contributed by atoms with Gasteiger partial charge in [-0.15, -0.1) is 0 Å². The predicted molar refractivity (Wildman–Crippen MR) is 130 cm³/mol. The predicted octanol–water partition coefficient (Wildman–Crippen LogP) is 3.57. The molecule has 0 bridgehead atoms. The van der Waals surface area contributed by atoms with E-state index in [-0.39, 0.29) is 16.1 Å². The second kappa shape index (κ2) is 9.36. The highest BCUT2D eigenvalue weighted by Gasteiger charge is 2.21. The lowest BCUT2D eigenvalue weighted by molar-refractivity contribution is 0.0699. The van der Waals surface area contributed by atoms with E-state index in [0.29, 0.717) is 16.7 Å². The minimum Gasteiger partial charge on any atom is -0.478 e. The molecule has 174 valence electrons. The normalized spacial score (nSPS) is 15.0. The Morgan fingerprint density at radius 2 is 1.76 bits per heavy atom. The van der Waals surface area contributed by atoms with E-state index in [1.807, 2.05) is 6.92 Å². The van der Waals surface area contributed by atoms with Crippen LogP contribution < -0.4 is 9.62 Å². The molecule has 0 spiro atoms. The lowest BCUT2D eigenvalue weighted by atomic mass is 10.1. The lowest BCUT2D eigenvalue weighted by Gasteiger charge is -2.35. The molecule has 0 unspecified atom stereocenters. The number of fused-ring (bicyclic) bond motifs is 1. The number of carboxylic acid groups (broad SMARTS) is 1. The third kappa shape index (κ3) is 5.09. The summed E-state index contributed by atoms with van der Waals surface area (Å²) in [5.74, 6) is -0.448. The number of pyridine rings is 1. The molecule has 33 heavy (non-hydrogen) atoms. The minimum atomic E-state index is -3.80. The van der Waals surface area contributed by atoms with Gasteiger partial charge in [0.15, 0.2) is 0 Å². The monoisotopic (exact) mass is 468 g/mol. The van der Waals surface area contributed by atoms with Crippen LogP contribution in [0.15, 0.2) is 53.4 Å². The summed E-state index contributed by atoms with van der Waals surface area (Å²) >= 11 is 0. The van der Waals surface area contributed by atoms with E-state index in [0.717, 1.165) is 44.7 Å². The zero-order chi connectivity index (χ0) is 23.6. The Balaban J connectivity index is 1.64. The van der Waals surface area contributed by atoms with Gasteiger partial charge in [0.1, 0.15) is 5.82 Å². The van der Waals surface area contributed by atoms with Gasteiger partial charge in [0.25, 0.3) is 10.0 Å². The SMILES string of the molecule is CCCN1CCN(c2cc(C(=O)O)c3cc(NS(=O)(=O)c4ccc(C)cc4)ccc3n2)CC1. The molecular weight excluding hydrogens is 440 g/mol. The van der Waals surface area contributed by atoms with Crippen LogP contribution in [-0.4, -0.2) is 62.1 Å². The molecule has 2 N–H and O–H groups in total. The number of hydrogen-bond acceptors (Lipinski definition) is 6. The largest absolute Gasteiger partial charge is 0.478 e. The Morgan fingerprint density at radius 1 is 1.06 bits per heavy atom. The van der Waals surface area contributed by atoms with Crippen LogP contribution in [0.4, 0.5) is 11.5 Å². The highest BCUT2D eigenvalue weighted by atomic mass is 32.2. The van der Waals surface area contributed by atoms with E-state index in [4.69, 9.17) is 0 Å². The van der Waals surface area contributed by atoms with Crippen LogP contribution in [-0.2, 0) is 10.0 Å². The second-order valence-corrected chi connectivity index (χ2v) is 9.99. The lowest BCUT2D eigenvalue weighted by Crippen LogP contribution is -2.46. The van der Waals surface area contributed by atoms with Crippen LogP contribution in [0.25, 0.3) is 10.9 Å². The van der Waals surface area contributed by atoms with Gasteiger partial charge in [0.05, 0.1) is 16.0 Å². The Bertz CT molecular complexity index is 1270. The number of aryl methyl sites for hydroxylation is 1. The summed E-state index contributed by atoms with van der Waals surface area (Å²) in [7, 11) is -3.80. The molecule has 8 nitrogen and oxygen atoms in total. The number of rotatable bonds is 7. The number of benzene rings is 2. The quantitative estimate of drug-likeness (QED) is 0.546. The van der Waals surface area contributed by atoms with Crippen molar-refractivity contribution < 1.29 is 18.3 Å². The molecular formula is C24H28N4O4S. The fourth-order valence-corrected chi connectivity index (χ4v) is 5.11. The summed E-state index contributed by atoms with van der Waals surface area (Å²) in [5.41, 5.74) is 1.86. The molecule has 1 saturated heterocycles. The van der Waals surface area contributed by atoms with Gasteiger partial charge in [-0.3, -0.25) is 9.62 Å². The van der Waals surface area contributed by atoms with Crippen molar-refractivity contribution in [1.82, 2.24) is 9.88 Å². The van der Waals surface area contributed by atoms with E-state index in [1.54, 1.807) is 30.3 Å². The molecule has 0 atom stereocenters. The highest BCUT2D eigenvalue weighted by molar-refractivity contribution is 7.92. The first-order chi connectivity index (χ1) is 15.8. The molecule has 0 saturated carbocycles. The number of nitrogens with one attached hydrogen (secondary N) is 1. The van der Waals surface area contributed by atoms with E-state index in [2.05, 4.69) is 26.4 Å². The molecule has 1 fully saturated rings. The summed E-state index contributed by atoms with van der Waals surface area (Å²) in [6.45, 7) is 8.49. The first-order valence-electron chi connectivity index (χ1n) is 11.0. The first-order valence-corrected chi connectivity index (χ1v) is 12.5. The topological polar surface area (TPSA) is 103 Å². The summed E-state index contributed by atoms with van der Waals surface area (Å²) in [6, 6.07) is 12.9. The molecule has 2 heterocycles. The maximum atomic E-state index is 12.7. The first kappa shape index (κ1) is 23.0. The highest BCUT2D eigenvalue weighted by Crippen LogP contribution is 2.28. The average Bonchev–Trinajstić information content (AvgIpc) is 2.79. The van der Waals surface area contributed by atoms with Gasteiger partial charge in [-0.05, 0) is 56.3 Å². The van der Waals surface area contributed by atoms with E-state index < -0.39 is 16.0 Å². The summed E-state index contributed by atoms with van der Waals surface area (Å²) in [4.78, 5) is 21.4. The molecule has 1 aromatic heterocycles. The van der Waals surface area contributed by atoms with E-state index >= 15 is 0 Å². The van der Waals surface area contributed by atoms with Gasteiger partial charge in [-0.2, -0.15) is 0 Å². The van der Waals surface area contributed by atoms with Crippen LogP contribution in [0.3, 0.4) is 0 Å². The number of carboxylic acids is 1. The molecule has 1 aliphatic rings. The molecule has 1 aliphatic heterocycles. The number of piperazine rings is 1. The average molecular weight is 469 g/mol. The molecule has 0 radical (unpaired) electrons. The van der Waals surface area contributed by atoms with Gasteiger partial charge in [0, 0.05) is 37.3 Å². The van der Waals surface area contributed by atoms with E-state index in [9.17, 15) is 18.3 Å². The van der Waals surface area contributed by atoms with Crippen LogP contribution in [0, 0.1) is 6.92 Å². The van der Waals surface area contributed by atoms with Crippen LogP contribution in [0.1, 0.15) is 29.3 Å². The van der Waals surface area contributed by atoms with Crippen molar-refractivity contribution >= 4 is 38.4 Å². The number of aromatic nitrogens is 1. The summed E-state index contributed by atoms with van der Waals surface area (Å²) in [5, 5.41) is 10.2. The zero-order valence-corrected chi connectivity index (χ0v) is 19.6. The number of carbonyl (C=O) groups is 1. The number of nitrogens with zero attached hydrogens (tertiary/aromatic N) is 3. The number of anilines is 2. The van der Waals surface area contributed by atoms with Crippen molar-refractivity contribution in [2.24, 2.45) is 0 Å². The summed E-state index contributed by atoms with van der Waals surface area (Å²) in [6.07, 6.45) is 1.10. The van der Waals surface area contributed by atoms with Crippen molar-refractivity contribution in [3.8, 4) is 0 Å². The molecule has 0 amide bonds. The number of sulfonamides is 1. The smallest absolute Gasteiger partial charge is 0.336 e.